The smallest absolute Gasteiger partial charge is 0.312 e. The van der Waals surface area contributed by atoms with Gasteiger partial charge >= 0.3 is 5.97 Å². The highest BCUT2D eigenvalue weighted by molar-refractivity contribution is 5.83. The molecule has 1 radical (unpaired) electrons. The van der Waals surface area contributed by atoms with Crippen molar-refractivity contribution < 1.29 is 9.53 Å². The van der Waals surface area contributed by atoms with Gasteiger partial charge in [0.15, 0.2) is 0 Å². The van der Waals surface area contributed by atoms with Crippen LogP contribution >= 0.6 is 0 Å². The largest absolute Gasteiger partial charge is 0.462 e. The molecule has 0 saturated heterocycles. The standard InChI is InChI=1S/C10H17O2/c1-8(2)10(11)12-9-6-4-3-5-7-9/h9H,3-7H2,1-2H3. The average molecular weight is 169 g/mol. The normalized spacial score (nSPS) is 19.6. The summed E-state index contributed by atoms with van der Waals surface area (Å²) in [7, 11) is 0. The zero-order chi connectivity index (χ0) is 8.97. The van der Waals surface area contributed by atoms with Gasteiger partial charge in [0.05, 0.1) is 5.92 Å². The lowest BCUT2D eigenvalue weighted by molar-refractivity contribution is -0.147. The van der Waals surface area contributed by atoms with Crippen LogP contribution in [0.2, 0.25) is 0 Å². The fraction of sp³-hybridized carbons (Fsp3) is 0.800. The first kappa shape index (κ1) is 9.56. The molecule has 0 spiro atoms. The molecule has 1 aliphatic carbocycles. The Hall–Kier alpha value is -0.530. The lowest BCUT2D eigenvalue weighted by Gasteiger charge is -2.22. The van der Waals surface area contributed by atoms with Gasteiger partial charge in [-0.15, -0.1) is 0 Å². The number of hydrogen-bond acceptors (Lipinski definition) is 2. The predicted molar refractivity (Wildman–Crippen MR) is 47.6 cm³/mol. The molecule has 69 valence electrons. The van der Waals surface area contributed by atoms with Crippen molar-refractivity contribution in [1.29, 1.82) is 0 Å². The summed E-state index contributed by atoms with van der Waals surface area (Å²) >= 11 is 0. The highest BCUT2D eigenvalue weighted by Crippen LogP contribution is 2.21. The molecule has 12 heavy (non-hydrogen) atoms. The van der Waals surface area contributed by atoms with Crippen molar-refractivity contribution in [3.05, 3.63) is 5.92 Å². The van der Waals surface area contributed by atoms with Gasteiger partial charge in [-0.3, -0.25) is 4.79 Å². The van der Waals surface area contributed by atoms with E-state index in [1.54, 1.807) is 13.8 Å². The molecule has 0 unspecified atom stereocenters. The van der Waals surface area contributed by atoms with Crippen molar-refractivity contribution in [1.82, 2.24) is 0 Å². The van der Waals surface area contributed by atoms with E-state index in [9.17, 15) is 4.79 Å². The van der Waals surface area contributed by atoms with Crippen molar-refractivity contribution in [2.24, 2.45) is 0 Å². The minimum atomic E-state index is -0.123. The molecule has 2 heteroatoms. The Bertz CT molecular complexity index is 146. The third-order valence-corrected chi connectivity index (χ3v) is 2.23. The fourth-order valence-electron chi connectivity index (χ4n) is 1.45. The summed E-state index contributed by atoms with van der Waals surface area (Å²) in [6.07, 6.45) is 6.02. The van der Waals surface area contributed by atoms with Crippen LogP contribution in [0.1, 0.15) is 46.0 Å². The first-order chi connectivity index (χ1) is 5.70. The number of esters is 1. The average Bonchev–Trinajstić information content (AvgIpc) is 2.06. The summed E-state index contributed by atoms with van der Waals surface area (Å²) in [4.78, 5) is 11.2. The predicted octanol–water partition coefficient (Wildman–Crippen LogP) is 2.48. The van der Waals surface area contributed by atoms with E-state index in [0.717, 1.165) is 18.8 Å². The van der Waals surface area contributed by atoms with Crippen molar-refractivity contribution in [3.8, 4) is 0 Å². The van der Waals surface area contributed by atoms with Crippen LogP contribution in [0.5, 0.6) is 0 Å². The molecule has 0 bridgehead atoms. The van der Waals surface area contributed by atoms with E-state index in [4.69, 9.17) is 4.74 Å². The highest BCUT2D eigenvalue weighted by atomic mass is 16.5. The van der Waals surface area contributed by atoms with Gasteiger partial charge in [-0.1, -0.05) is 6.42 Å². The van der Waals surface area contributed by atoms with Crippen LogP contribution in [0.3, 0.4) is 0 Å². The van der Waals surface area contributed by atoms with Crippen LogP contribution < -0.4 is 0 Å². The summed E-state index contributed by atoms with van der Waals surface area (Å²) in [5.41, 5.74) is 0. The zero-order valence-corrected chi connectivity index (χ0v) is 7.93. The number of ether oxygens (including phenoxy) is 1. The number of carbonyl (C=O) groups is 1. The van der Waals surface area contributed by atoms with Gasteiger partial charge in [-0.2, -0.15) is 0 Å². The summed E-state index contributed by atoms with van der Waals surface area (Å²) in [5.74, 6) is 0.627. The van der Waals surface area contributed by atoms with Crippen molar-refractivity contribution in [2.45, 2.75) is 52.1 Å². The van der Waals surface area contributed by atoms with E-state index in [1.807, 2.05) is 0 Å². The van der Waals surface area contributed by atoms with Gasteiger partial charge in [-0.05, 0) is 39.5 Å². The van der Waals surface area contributed by atoms with E-state index in [1.165, 1.54) is 19.3 Å². The van der Waals surface area contributed by atoms with Crippen LogP contribution in [0.15, 0.2) is 0 Å². The maximum absolute atomic E-state index is 11.2. The van der Waals surface area contributed by atoms with Gasteiger partial charge in [0.1, 0.15) is 6.10 Å². The van der Waals surface area contributed by atoms with Crippen LogP contribution in [-0.2, 0) is 9.53 Å². The van der Waals surface area contributed by atoms with Crippen LogP contribution in [0.4, 0.5) is 0 Å². The maximum Gasteiger partial charge on any atom is 0.312 e. The molecule has 0 aromatic carbocycles. The number of rotatable bonds is 2. The summed E-state index contributed by atoms with van der Waals surface area (Å²) < 4.78 is 5.28. The van der Waals surface area contributed by atoms with Crippen molar-refractivity contribution in [2.75, 3.05) is 0 Å². The molecule has 1 saturated carbocycles. The topological polar surface area (TPSA) is 26.3 Å². The Balaban J connectivity index is 2.24. The van der Waals surface area contributed by atoms with E-state index < -0.39 is 0 Å². The minimum Gasteiger partial charge on any atom is -0.462 e. The lowest BCUT2D eigenvalue weighted by atomic mass is 9.98. The molecule has 2 nitrogen and oxygen atoms in total. The third-order valence-electron chi connectivity index (χ3n) is 2.23. The van der Waals surface area contributed by atoms with E-state index in [0.29, 0.717) is 0 Å². The molecule has 1 fully saturated rings. The molecule has 0 aromatic heterocycles. The van der Waals surface area contributed by atoms with Gasteiger partial charge in [0.25, 0.3) is 0 Å². The second-order valence-electron chi connectivity index (χ2n) is 3.67. The number of hydrogen-bond donors (Lipinski definition) is 0. The molecule has 0 atom stereocenters. The maximum atomic E-state index is 11.2. The van der Waals surface area contributed by atoms with Gasteiger partial charge in [0, 0.05) is 0 Å². The van der Waals surface area contributed by atoms with Crippen LogP contribution in [-0.4, -0.2) is 12.1 Å². The molecular weight excluding hydrogens is 152 g/mol. The molecule has 0 heterocycles. The first-order valence-electron chi connectivity index (χ1n) is 4.71. The molecular formula is C10H17O2. The molecule has 1 aliphatic rings. The SMILES string of the molecule is C[C](C)C(=O)OC1CCCCC1. The van der Waals surface area contributed by atoms with Crippen molar-refractivity contribution in [3.63, 3.8) is 0 Å². The summed E-state index contributed by atoms with van der Waals surface area (Å²) in [6.45, 7) is 3.59. The van der Waals surface area contributed by atoms with Crippen LogP contribution in [0.25, 0.3) is 0 Å². The second kappa shape index (κ2) is 4.48. The van der Waals surface area contributed by atoms with E-state index in [2.05, 4.69) is 0 Å². The Morgan fingerprint density at radius 3 is 2.25 bits per heavy atom. The Morgan fingerprint density at radius 2 is 1.75 bits per heavy atom. The molecule has 0 aliphatic heterocycles. The molecule has 0 aromatic rings. The van der Waals surface area contributed by atoms with Gasteiger partial charge in [-0.25, -0.2) is 0 Å². The number of carbonyl (C=O) groups excluding carboxylic acids is 1. The first-order valence-corrected chi connectivity index (χ1v) is 4.71. The summed E-state index contributed by atoms with van der Waals surface area (Å²) in [6, 6.07) is 0. The quantitative estimate of drug-likeness (QED) is 0.593. The van der Waals surface area contributed by atoms with Gasteiger partial charge < -0.3 is 4.74 Å². The summed E-state index contributed by atoms with van der Waals surface area (Å²) in [5, 5.41) is 0. The van der Waals surface area contributed by atoms with E-state index >= 15 is 0 Å². The minimum absolute atomic E-state index is 0.123. The fourth-order valence-corrected chi connectivity index (χ4v) is 1.45. The monoisotopic (exact) mass is 169 g/mol. The molecule has 0 N–H and O–H groups in total. The van der Waals surface area contributed by atoms with Crippen LogP contribution in [0, 0.1) is 5.92 Å². The zero-order valence-electron chi connectivity index (χ0n) is 7.93. The Kier molecular flexibility index (Phi) is 3.57. The Morgan fingerprint density at radius 1 is 1.17 bits per heavy atom. The Labute approximate surface area is 74.3 Å². The molecule has 0 amide bonds. The molecule has 1 rings (SSSR count). The van der Waals surface area contributed by atoms with E-state index in [-0.39, 0.29) is 12.1 Å². The lowest BCUT2D eigenvalue weighted by Crippen LogP contribution is -2.22. The van der Waals surface area contributed by atoms with Crippen molar-refractivity contribution >= 4 is 5.97 Å². The highest BCUT2D eigenvalue weighted by Gasteiger charge is 2.19. The second-order valence-corrected chi connectivity index (χ2v) is 3.67. The van der Waals surface area contributed by atoms with Gasteiger partial charge in [0.2, 0.25) is 0 Å². The third kappa shape index (κ3) is 2.84.